The van der Waals surface area contributed by atoms with Crippen LogP contribution in [0.2, 0.25) is 4.47 Å². The highest BCUT2D eigenvalue weighted by molar-refractivity contribution is 7.15. The van der Waals surface area contributed by atoms with Crippen molar-refractivity contribution in [2.24, 2.45) is 0 Å². The highest BCUT2D eigenvalue weighted by atomic mass is 35.5. The quantitative estimate of drug-likeness (QED) is 0.768. The summed E-state index contributed by atoms with van der Waals surface area (Å²) in [6.45, 7) is 11.4. The SMILES string of the molecule is Cc1cc(NCc2cnc(Cl)s2)ccc1N1CCN(C(=O)OC(C)(C)C)CC1. The van der Waals surface area contributed by atoms with E-state index in [9.17, 15) is 4.79 Å². The first kappa shape index (κ1) is 20.7. The molecule has 1 saturated heterocycles. The summed E-state index contributed by atoms with van der Waals surface area (Å²) in [6, 6.07) is 6.38. The molecule has 0 aliphatic carbocycles. The number of rotatable bonds is 4. The lowest BCUT2D eigenvalue weighted by molar-refractivity contribution is 0.0240. The van der Waals surface area contributed by atoms with Gasteiger partial charge in [-0.3, -0.25) is 0 Å². The summed E-state index contributed by atoms with van der Waals surface area (Å²) < 4.78 is 6.03. The zero-order valence-corrected chi connectivity index (χ0v) is 18.4. The monoisotopic (exact) mass is 422 g/mol. The van der Waals surface area contributed by atoms with Crippen LogP contribution in [-0.2, 0) is 11.3 Å². The van der Waals surface area contributed by atoms with E-state index in [-0.39, 0.29) is 6.09 Å². The molecule has 1 aliphatic rings. The number of nitrogens with one attached hydrogen (secondary N) is 1. The van der Waals surface area contributed by atoms with Gasteiger partial charge in [-0.15, -0.1) is 11.3 Å². The molecule has 8 heteroatoms. The molecule has 1 fully saturated rings. The van der Waals surface area contributed by atoms with E-state index in [4.69, 9.17) is 16.3 Å². The number of carbonyl (C=O) groups is 1. The molecule has 1 amide bonds. The van der Waals surface area contributed by atoms with Crippen LogP contribution in [0.15, 0.2) is 24.4 Å². The van der Waals surface area contributed by atoms with Crippen LogP contribution < -0.4 is 10.2 Å². The largest absolute Gasteiger partial charge is 0.444 e. The van der Waals surface area contributed by atoms with Crippen molar-refractivity contribution in [1.29, 1.82) is 0 Å². The Bertz CT molecular complexity index is 826. The number of benzene rings is 1. The zero-order chi connectivity index (χ0) is 20.3. The first-order valence-corrected chi connectivity index (χ1v) is 10.6. The van der Waals surface area contributed by atoms with Crippen molar-refractivity contribution in [2.45, 2.75) is 39.8 Å². The molecule has 0 unspecified atom stereocenters. The smallest absolute Gasteiger partial charge is 0.410 e. The van der Waals surface area contributed by atoms with E-state index < -0.39 is 5.60 Å². The van der Waals surface area contributed by atoms with Gasteiger partial charge in [0.2, 0.25) is 0 Å². The Hall–Kier alpha value is -1.99. The van der Waals surface area contributed by atoms with Crippen LogP contribution in [0, 0.1) is 6.92 Å². The van der Waals surface area contributed by atoms with E-state index in [1.807, 2.05) is 20.8 Å². The van der Waals surface area contributed by atoms with E-state index in [1.165, 1.54) is 22.6 Å². The van der Waals surface area contributed by atoms with E-state index in [0.717, 1.165) is 23.7 Å². The fourth-order valence-corrected chi connectivity index (χ4v) is 4.05. The molecule has 0 spiro atoms. The molecule has 0 bridgehead atoms. The topological polar surface area (TPSA) is 57.7 Å². The Balaban J connectivity index is 1.55. The summed E-state index contributed by atoms with van der Waals surface area (Å²) in [7, 11) is 0. The van der Waals surface area contributed by atoms with Crippen molar-refractivity contribution in [1.82, 2.24) is 9.88 Å². The lowest BCUT2D eigenvalue weighted by atomic mass is 10.1. The second-order valence-electron chi connectivity index (χ2n) is 7.89. The number of anilines is 2. The van der Waals surface area contributed by atoms with E-state index >= 15 is 0 Å². The first-order chi connectivity index (χ1) is 13.2. The van der Waals surface area contributed by atoms with Crippen molar-refractivity contribution in [2.75, 3.05) is 36.4 Å². The Morgan fingerprint density at radius 2 is 2.00 bits per heavy atom. The summed E-state index contributed by atoms with van der Waals surface area (Å²) in [5.74, 6) is 0. The van der Waals surface area contributed by atoms with Crippen LogP contribution >= 0.6 is 22.9 Å². The number of thiazole rings is 1. The number of halogens is 1. The first-order valence-electron chi connectivity index (χ1n) is 9.39. The molecule has 0 radical (unpaired) electrons. The van der Waals surface area contributed by atoms with Gasteiger partial charge < -0.3 is 19.9 Å². The molecule has 28 heavy (non-hydrogen) atoms. The van der Waals surface area contributed by atoms with Crippen LogP contribution in [-0.4, -0.2) is 47.8 Å². The molecular weight excluding hydrogens is 396 g/mol. The Morgan fingerprint density at radius 1 is 1.29 bits per heavy atom. The van der Waals surface area contributed by atoms with Crippen molar-refractivity contribution >= 4 is 40.4 Å². The summed E-state index contributed by atoms with van der Waals surface area (Å²) in [5, 5.41) is 3.41. The van der Waals surface area contributed by atoms with Gasteiger partial charge in [0.15, 0.2) is 4.47 Å². The van der Waals surface area contributed by atoms with Gasteiger partial charge in [-0.05, 0) is 51.5 Å². The van der Waals surface area contributed by atoms with Crippen molar-refractivity contribution in [3.8, 4) is 0 Å². The molecule has 0 saturated carbocycles. The van der Waals surface area contributed by atoms with Crippen LogP contribution in [0.4, 0.5) is 16.2 Å². The average molecular weight is 423 g/mol. The van der Waals surface area contributed by atoms with Gasteiger partial charge in [0.05, 0.1) is 6.54 Å². The number of ether oxygens (including phenoxy) is 1. The number of nitrogens with zero attached hydrogens (tertiary/aromatic N) is 3. The van der Waals surface area contributed by atoms with Gasteiger partial charge in [0.25, 0.3) is 0 Å². The number of aromatic nitrogens is 1. The maximum atomic E-state index is 12.2. The van der Waals surface area contributed by atoms with Crippen molar-refractivity contribution < 1.29 is 9.53 Å². The number of hydrogen-bond donors (Lipinski definition) is 1. The number of carbonyl (C=O) groups excluding carboxylic acids is 1. The lowest BCUT2D eigenvalue weighted by Gasteiger charge is -2.37. The molecule has 2 aromatic rings. The number of hydrogen-bond acceptors (Lipinski definition) is 6. The van der Waals surface area contributed by atoms with Gasteiger partial charge in [-0.25, -0.2) is 9.78 Å². The maximum absolute atomic E-state index is 12.2. The summed E-state index contributed by atoms with van der Waals surface area (Å²) >= 11 is 7.36. The van der Waals surface area contributed by atoms with Crippen LogP contribution in [0.5, 0.6) is 0 Å². The molecule has 0 atom stereocenters. The predicted molar refractivity (Wildman–Crippen MR) is 116 cm³/mol. The summed E-state index contributed by atoms with van der Waals surface area (Å²) in [6.07, 6.45) is 1.57. The highest BCUT2D eigenvalue weighted by Gasteiger charge is 2.26. The van der Waals surface area contributed by atoms with E-state index in [2.05, 4.69) is 40.3 Å². The fourth-order valence-electron chi connectivity index (χ4n) is 3.13. The minimum atomic E-state index is -0.460. The van der Waals surface area contributed by atoms with Crippen molar-refractivity contribution in [3.05, 3.63) is 39.3 Å². The van der Waals surface area contributed by atoms with Crippen molar-refractivity contribution in [3.63, 3.8) is 0 Å². The van der Waals surface area contributed by atoms with Gasteiger partial charge >= 0.3 is 6.09 Å². The predicted octanol–water partition coefficient (Wildman–Crippen LogP) is 4.77. The molecule has 1 aromatic heterocycles. The Labute approximate surface area is 175 Å². The molecule has 6 nitrogen and oxygen atoms in total. The van der Waals surface area contributed by atoms with Crippen LogP contribution in [0.1, 0.15) is 31.2 Å². The van der Waals surface area contributed by atoms with Gasteiger partial charge in [0, 0.05) is 48.6 Å². The third-order valence-corrected chi connectivity index (χ3v) is 5.58. The molecule has 2 heterocycles. The average Bonchev–Trinajstić information content (AvgIpc) is 3.04. The Kier molecular flexibility index (Phi) is 6.35. The summed E-state index contributed by atoms with van der Waals surface area (Å²) in [5.41, 5.74) is 3.02. The standard InChI is InChI=1S/C20H27ClN4O2S/c1-14-11-15(22-12-16-13-23-18(21)28-16)5-6-17(14)24-7-9-25(10-8-24)19(26)27-20(2,3)4/h5-6,11,13,22H,7-10,12H2,1-4H3. The third-order valence-electron chi connectivity index (χ3n) is 4.46. The van der Waals surface area contributed by atoms with Gasteiger partial charge in [-0.2, -0.15) is 0 Å². The van der Waals surface area contributed by atoms with Crippen LogP contribution in [0.3, 0.4) is 0 Å². The second-order valence-corrected chi connectivity index (χ2v) is 9.59. The van der Waals surface area contributed by atoms with Crippen LogP contribution in [0.25, 0.3) is 0 Å². The number of piperazine rings is 1. The lowest BCUT2D eigenvalue weighted by Crippen LogP contribution is -2.50. The highest BCUT2D eigenvalue weighted by Crippen LogP contribution is 2.26. The summed E-state index contributed by atoms with van der Waals surface area (Å²) in [4.78, 5) is 21.5. The van der Waals surface area contributed by atoms with Gasteiger partial charge in [0.1, 0.15) is 5.60 Å². The molecule has 3 rings (SSSR count). The third kappa shape index (κ3) is 5.52. The molecule has 152 valence electrons. The Morgan fingerprint density at radius 3 is 2.57 bits per heavy atom. The second kappa shape index (κ2) is 8.57. The van der Waals surface area contributed by atoms with E-state index in [0.29, 0.717) is 24.1 Å². The van der Waals surface area contributed by atoms with Gasteiger partial charge in [-0.1, -0.05) is 11.6 Å². The fraction of sp³-hybridized carbons (Fsp3) is 0.500. The molecule has 1 aliphatic heterocycles. The minimum absolute atomic E-state index is 0.230. The molecule has 1 aromatic carbocycles. The number of aryl methyl sites for hydroxylation is 1. The number of amides is 1. The normalized spacial score (nSPS) is 14.9. The molecular formula is C20H27ClN4O2S. The maximum Gasteiger partial charge on any atom is 0.410 e. The minimum Gasteiger partial charge on any atom is -0.444 e. The zero-order valence-electron chi connectivity index (χ0n) is 16.8. The molecule has 1 N–H and O–H groups in total. The van der Waals surface area contributed by atoms with E-state index in [1.54, 1.807) is 11.1 Å².